The average Bonchev–Trinajstić information content (AvgIpc) is 2.56. The molecule has 0 amide bonds. The summed E-state index contributed by atoms with van der Waals surface area (Å²) in [5.41, 5.74) is 2.00. The number of allylic oxidation sites excluding steroid dienone is 1. The molecule has 1 fully saturated rings. The van der Waals surface area contributed by atoms with Crippen molar-refractivity contribution in [2.24, 2.45) is 0 Å². The molecule has 1 atom stereocenters. The van der Waals surface area contributed by atoms with Gasteiger partial charge in [0.25, 0.3) is 0 Å². The molecule has 1 aliphatic rings. The van der Waals surface area contributed by atoms with Crippen LogP contribution in [-0.2, 0) is 9.31 Å². The molecule has 20 heavy (non-hydrogen) atoms. The van der Waals surface area contributed by atoms with Crippen LogP contribution in [0.3, 0.4) is 0 Å². The molecule has 1 saturated heterocycles. The molecular formula is C17H25BO2. The quantitative estimate of drug-likeness (QED) is 0.599. The Balaban J connectivity index is 2.09. The van der Waals surface area contributed by atoms with Crippen molar-refractivity contribution >= 4 is 7.12 Å². The van der Waals surface area contributed by atoms with Gasteiger partial charge in [0.15, 0.2) is 0 Å². The van der Waals surface area contributed by atoms with Gasteiger partial charge in [-0.05, 0) is 46.5 Å². The minimum absolute atomic E-state index is 0.177. The first-order chi connectivity index (χ1) is 9.25. The summed E-state index contributed by atoms with van der Waals surface area (Å²) in [5, 5.41) is 0. The summed E-state index contributed by atoms with van der Waals surface area (Å²) in [6, 6.07) is 8.59. The van der Waals surface area contributed by atoms with Gasteiger partial charge in [-0.2, -0.15) is 0 Å². The lowest BCUT2D eigenvalue weighted by Gasteiger charge is -2.32. The molecule has 0 aliphatic carbocycles. The SMILES string of the molecule is C=CC(CB1OC(C)(C)C(C)(C)O1)c1ccc(C)cc1. The first-order valence-electron chi connectivity index (χ1n) is 7.30. The minimum atomic E-state index is -0.267. The van der Waals surface area contributed by atoms with Crippen LogP contribution < -0.4 is 0 Å². The van der Waals surface area contributed by atoms with E-state index in [1.165, 1.54) is 11.1 Å². The molecule has 108 valence electrons. The van der Waals surface area contributed by atoms with Crippen molar-refractivity contribution in [3.05, 3.63) is 48.0 Å². The second kappa shape index (κ2) is 5.38. The lowest BCUT2D eigenvalue weighted by molar-refractivity contribution is 0.00578. The molecule has 0 N–H and O–H groups in total. The highest BCUT2D eigenvalue weighted by Gasteiger charge is 2.51. The van der Waals surface area contributed by atoms with Gasteiger partial charge in [0, 0.05) is 5.92 Å². The Morgan fingerprint density at radius 3 is 2.05 bits per heavy atom. The van der Waals surface area contributed by atoms with Crippen LogP contribution in [0.4, 0.5) is 0 Å². The fraction of sp³-hybridized carbons (Fsp3) is 0.529. The summed E-state index contributed by atoms with van der Waals surface area (Å²) in [6.45, 7) is 14.4. The van der Waals surface area contributed by atoms with Crippen molar-refractivity contribution in [2.75, 3.05) is 0 Å². The van der Waals surface area contributed by atoms with Gasteiger partial charge in [-0.25, -0.2) is 0 Å². The Morgan fingerprint density at radius 2 is 1.60 bits per heavy atom. The molecule has 1 unspecified atom stereocenters. The first-order valence-corrected chi connectivity index (χ1v) is 7.30. The van der Waals surface area contributed by atoms with Gasteiger partial charge in [-0.15, -0.1) is 6.58 Å². The Hall–Kier alpha value is -1.06. The number of aryl methyl sites for hydroxylation is 1. The van der Waals surface area contributed by atoms with Crippen molar-refractivity contribution in [3.8, 4) is 0 Å². The van der Waals surface area contributed by atoms with E-state index in [-0.39, 0.29) is 24.2 Å². The zero-order chi connectivity index (χ0) is 15.0. The van der Waals surface area contributed by atoms with E-state index in [0.29, 0.717) is 0 Å². The first kappa shape index (κ1) is 15.3. The maximum Gasteiger partial charge on any atom is 0.458 e. The summed E-state index contributed by atoms with van der Waals surface area (Å²) in [4.78, 5) is 0. The van der Waals surface area contributed by atoms with Crippen LogP contribution >= 0.6 is 0 Å². The van der Waals surface area contributed by atoms with Gasteiger partial charge < -0.3 is 9.31 Å². The maximum absolute atomic E-state index is 6.07. The lowest BCUT2D eigenvalue weighted by atomic mass is 9.75. The van der Waals surface area contributed by atoms with Crippen LogP contribution in [0, 0.1) is 6.92 Å². The third-order valence-corrected chi connectivity index (χ3v) is 4.54. The summed E-state index contributed by atoms with van der Waals surface area (Å²) >= 11 is 0. The smallest absolute Gasteiger partial charge is 0.403 e. The highest BCUT2D eigenvalue weighted by molar-refractivity contribution is 6.45. The van der Waals surface area contributed by atoms with Crippen LogP contribution in [0.15, 0.2) is 36.9 Å². The Bertz CT molecular complexity index is 460. The molecule has 0 saturated carbocycles. The predicted octanol–water partition coefficient (Wildman–Crippen LogP) is 4.36. The van der Waals surface area contributed by atoms with E-state index >= 15 is 0 Å². The van der Waals surface area contributed by atoms with Gasteiger partial charge >= 0.3 is 7.12 Å². The third-order valence-electron chi connectivity index (χ3n) is 4.54. The fourth-order valence-electron chi connectivity index (χ4n) is 2.45. The van der Waals surface area contributed by atoms with Crippen molar-refractivity contribution in [1.82, 2.24) is 0 Å². The van der Waals surface area contributed by atoms with Crippen molar-refractivity contribution in [3.63, 3.8) is 0 Å². The summed E-state index contributed by atoms with van der Waals surface area (Å²) in [5.74, 6) is 0.255. The molecule has 1 aromatic rings. The molecule has 1 aromatic carbocycles. The average molecular weight is 272 g/mol. The molecule has 1 aliphatic heterocycles. The summed E-state index contributed by atoms with van der Waals surface area (Å²) < 4.78 is 12.1. The monoisotopic (exact) mass is 272 g/mol. The highest BCUT2D eigenvalue weighted by atomic mass is 16.7. The maximum atomic E-state index is 6.07. The van der Waals surface area contributed by atoms with Crippen LogP contribution in [0.25, 0.3) is 0 Å². The molecule has 0 spiro atoms. The zero-order valence-corrected chi connectivity index (χ0v) is 13.3. The van der Waals surface area contributed by atoms with E-state index < -0.39 is 0 Å². The minimum Gasteiger partial charge on any atom is -0.403 e. The molecule has 2 rings (SSSR count). The predicted molar refractivity (Wildman–Crippen MR) is 85.0 cm³/mol. The fourth-order valence-corrected chi connectivity index (χ4v) is 2.45. The Labute approximate surface area is 123 Å². The van der Waals surface area contributed by atoms with E-state index in [2.05, 4.69) is 65.5 Å². The highest BCUT2D eigenvalue weighted by Crippen LogP contribution is 2.39. The molecule has 3 heteroatoms. The topological polar surface area (TPSA) is 18.5 Å². The lowest BCUT2D eigenvalue weighted by Crippen LogP contribution is -2.41. The van der Waals surface area contributed by atoms with Gasteiger partial charge in [0.05, 0.1) is 11.2 Å². The second-order valence-corrected chi connectivity index (χ2v) is 6.67. The number of hydrogen-bond acceptors (Lipinski definition) is 2. The van der Waals surface area contributed by atoms with Crippen molar-refractivity contribution in [2.45, 2.75) is 58.1 Å². The molecular weight excluding hydrogens is 247 g/mol. The van der Waals surface area contributed by atoms with E-state index in [4.69, 9.17) is 9.31 Å². The zero-order valence-electron chi connectivity index (χ0n) is 13.3. The van der Waals surface area contributed by atoms with E-state index in [0.717, 1.165) is 6.32 Å². The van der Waals surface area contributed by atoms with Gasteiger partial charge in [-0.3, -0.25) is 0 Å². The molecule has 0 aromatic heterocycles. The van der Waals surface area contributed by atoms with Gasteiger partial charge in [-0.1, -0.05) is 35.9 Å². The van der Waals surface area contributed by atoms with E-state index in [1.54, 1.807) is 0 Å². The van der Waals surface area contributed by atoms with Crippen LogP contribution in [0.2, 0.25) is 6.32 Å². The largest absolute Gasteiger partial charge is 0.458 e. The van der Waals surface area contributed by atoms with Crippen molar-refractivity contribution < 1.29 is 9.31 Å². The van der Waals surface area contributed by atoms with Crippen LogP contribution in [-0.4, -0.2) is 18.3 Å². The number of hydrogen-bond donors (Lipinski definition) is 0. The normalized spacial score (nSPS) is 21.8. The number of benzene rings is 1. The van der Waals surface area contributed by atoms with Crippen LogP contribution in [0.5, 0.6) is 0 Å². The Morgan fingerprint density at radius 1 is 1.10 bits per heavy atom. The number of rotatable bonds is 4. The Kier molecular flexibility index (Phi) is 4.13. The molecule has 0 bridgehead atoms. The summed E-state index contributed by atoms with van der Waals surface area (Å²) in [6.07, 6.45) is 2.79. The van der Waals surface area contributed by atoms with E-state index in [1.807, 2.05) is 6.08 Å². The van der Waals surface area contributed by atoms with Crippen LogP contribution in [0.1, 0.15) is 44.7 Å². The molecule has 2 nitrogen and oxygen atoms in total. The molecule has 0 radical (unpaired) electrons. The van der Waals surface area contributed by atoms with E-state index in [9.17, 15) is 0 Å². The van der Waals surface area contributed by atoms with Crippen molar-refractivity contribution in [1.29, 1.82) is 0 Å². The van der Waals surface area contributed by atoms with Gasteiger partial charge in [0.2, 0.25) is 0 Å². The third kappa shape index (κ3) is 2.99. The van der Waals surface area contributed by atoms with Gasteiger partial charge in [0.1, 0.15) is 0 Å². The standard InChI is InChI=1S/C17H25BO2/c1-7-14(15-10-8-13(2)9-11-15)12-18-19-16(3,4)17(5,6)20-18/h7-11,14H,1,12H2,2-6H3. The second-order valence-electron chi connectivity index (χ2n) is 6.67. The molecule has 1 heterocycles. The summed E-state index contributed by atoms with van der Waals surface area (Å²) in [7, 11) is -0.177.